The Labute approximate surface area is 335 Å². The molecule has 0 spiro atoms. The van der Waals surface area contributed by atoms with Gasteiger partial charge < -0.3 is 25.7 Å². The summed E-state index contributed by atoms with van der Waals surface area (Å²) >= 11 is 0. The Morgan fingerprint density at radius 1 is 0.444 bits per heavy atom. The van der Waals surface area contributed by atoms with Crippen molar-refractivity contribution in [2.24, 2.45) is 0 Å². The van der Waals surface area contributed by atoms with Crippen molar-refractivity contribution in [3.63, 3.8) is 0 Å². The van der Waals surface area contributed by atoms with Gasteiger partial charge in [0.2, 0.25) is 5.91 Å². The van der Waals surface area contributed by atoms with E-state index in [1.165, 1.54) is 173 Å². The molecule has 0 bridgehead atoms. The number of carbonyl (C=O) groups is 1. The number of amides is 1. The molecule has 0 radical (unpaired) electrons. The van der Waals surface area contributed by atoms with Gasteiger partial charge >= 0.3 is 0 Å². The molecule has 0 aromatic carbocycles. The van der Waals surface area contributed by atoms with Crippen LogP contribution in [0.25, 0.3) is 0 Å². The van der Waals surface area contributed by atoms with Crippen molar-refractivity contribution in [1.29, 1.82) is 0 Å². The third kappa shape index (κ3) is 36.4. The van der Waals surface area contributed by atoms with Crippen LogP contribution >= 0.6 is 0 Å². The van der Waals surface area contributed by atoms with Crippen molar-refractivity contribution in [1.82, 2.24) is 5.32 Å². The van der Waals surface area contributed by atoms with E-state index in [1.807, 2.05) is 0 Å². The Bertz CT molecular complexity index is 817. The number of carbonyl (C=O) groups excluding carboxylic acids is 1. The van der Waals surface area contributed by atoms with Gasteiger partial charge in [0, 0.05) is 0 Å². The zero-order valence-corrected chi connectivity index (χ0v) is 36.0. The first-order chi connectivity index (χ1) is 26.5. The van der Waals surface area contributed by atoms with E-state index in [2.05, 4.69) is 43.5 Å². The van der Waals surface area contributed by atoms with Gasteiger partial charge in [-0.3, -0.25) is 4.79 Å². The number of aliphatic hydroxyl groups excluding tert-OH is 4. The molecule has 4 atom stereocenters. The van der Waals surface area contributed by atoms with E-state index < -0.39 is 36.9 Å². The summed E-state index contributed by atoms with van der Waals surface area (Å²) in [5, 5.41) is 43.7. The molecule has 4 unspecified atom stereocenters. The summed E-state index contributed by atoms with van der Waals surface area (Å²) in [6.45, 7) is 4.05. The third-order valence-electron chi connectivity index (χ3n) is 11.1. The lowest BCUT2D eigenvalue weighted by Crippen LogP contribution is -2.53. The molecule has 0 aromatic heterocycles. The maximum atomic E-state index is 12.5. The standard InChI is InChI=1S/C48H93NO5/c1-3-5-7-9-11-13-15-17-19-21-23-25-27-29-31-33-35-37-39-41-45(51)47(53)44(43-50)49-48(54)46(52)42-40-38-36-34-32-30-28-26-24-22-20-18-16-14-12-10-8-6-4-2/h25,27,33,35,44-47,50-53H,3-24,26,28-32,34,36-43H2,1-2H3,(H,49,54)/b27-25+,35-33+. The van der Waals surface area contributed by atoms with E-state index in [1.54, 1.807) is 0 Å². The maximum absolute atomic E-state index is 12.5. The Hall–Kier alpha value is -1.21. The topological polar surface area (TPSA) is 110 Å². The minimum absolute atomic E-state index is 0.364. The molecule has 320 valence electrons. The fraction of sp³-hybridized carbons (Fsp3) is 0.896. The lowest BCUT2D eigenvalue weighted by atomic mass is 10.00. The van der Waals surface area contributed by atoms with Gasteiger partial charge in [-0.15, -0.1) is 0 Å². The van der Waals surface area contributed by atoms with E-state index in [0.717, 1.165) is 38.5 Å². The minimum atomic E-state index is -1.29. The molecule has 0 saturated carbocycles. The van der Waals surface area contributed by atoms with Crippen LogP contribution in [0.15, 0.2) is 24.3 Å². The molecule has 0 rings (SSSR count). The molecule has 5 N–H and O–H groups in total. The molecule has 1 amide bonds. The highest BCUT2D eigenvalue weighted by Gasteiger charge is 2.28. The summed E-state index contributed by atoms with van der Waals surface area (Å²) in [5.41, 5.74) is 0. The van der Waals surface area contributed by atoms with Gasteiger partial charge in [0.05, 0.1) is 18.8 Å². The summed E-state index contributed by atoms with van der Waals surface area (Å²) in [6.07, 6.45) is 49.3. The van der Waals surface area contributed by atoms with E-state index in [0.29, 0.717) is 19.3 Å². The summed E-state index contributed by atoms with van der Waals surface area (Å²) in [5.74, 6) is -0.594. The van der Waals surface area contributed by atoms with Gasteiger partial charge in [-0.1, -0.05) is 218 Å². The minimum Gasteiger partial charge on any atom is -0.394 e. The van der Waals surface area contributed by atoms with Crippen molar-refractivity contribution in [2.45, 2.75) is 269 Å². The SMILES string of the molecule is CCCCCCCCCCCC/C=C/CC/C=C/CCCC(O)C(O)C(CO)NC(=O)C(O)CCCCCCCCCCCCCCCCCCCCC. The van der Waals surface area contributed by atoms with Crippen LogP contribution in [0.4, 0.5) is 0 Å². The van der Waals surface area contributed by atoms with E-state index in [4.69, 9.17) is 0 Å². The number of hydrogen-bond acceptors (Lipinski definition) is 5. The lowest BCUT2D eigenvalue weighted by molar-refractivity contribution is -0.132. The van der Waals surface area contributed by atoms with E-state index >= 15 is 0 Å². The number of aliphatic hydroxyl groups is 4. The monoisotopic (exact) mass is 764 g/mol. The normalized spacial score (nSPS) is 14.3. The van der Waals surface area contributed by atoms with Crippen LogP contribution in [0.1, 0.15) is 245 Å². The number of allylic oxidation sites excluding steroid dienone is 4. The Morgan fingerprint density at radius 2 is 0.778 bits per heavy atom. The van der Waals surface area contributed by atoms with Crippen molar-refractivity contribution >= 4 is 5.91 Å². The average Bonchev–Trinajstić information content (AvgIpc) is 3.18. The zero-order valence-electron chi connectivity index (χ0n) is 36.0. The quantitative estimate of drug-likeness (QED) is 0.0314. The maximum Gasteiger partial charge on any atom is 0.249 e. The van der Waals surface area contributed by atoms with Gasteiger partial charge in [-0.25, -0.2) is 0 Å². The number of hydrogen-bond donors (Lipinski definition) is 5. The molecule has 54 heavy (non-hydrogen) atoms. The Balaban J connectivity index is 3.75. The molecule has 6 heteroatoms. The highest BCUT2D eigenvalue weighted by Crippen LogP contribution is 2.16. The largest absolute Gasteiger partial charge is 0.394 e. The molecular weight excluding hydrogens is 671 g/mol. The van der Waals surface area contributed by atoms with Gasteiger partial charge in [-0.05, 0) is 51.4 Å². The molecule has 6 nitrogen and oxygen atoms in total. The lowest BCUT2D eigenvalue weighted by Gasteiger charge is -2.27. The third-order valence-corrected chi connectivity index (χ3v) is 11.1. The van der Waals surface area contributed by atoms with Crippen molar-refractivity contribution in [3.05, 3.63) is 24.3 Å². The number of rotatable bonds is 43. The van der Waals surface area contributed by atoms with Crippen LogP contribution in [-0.2, 0) is 4.79 Å². The van der Waals surface area contributed by atoms with Crippen molar-refractivity contribution in [3.8, 4) is 0 Å². The summed E-state index contributed by atoms with van der Waals surface area (Å²) in [7, 11) is 0. The van der Waals surface area contributed by atoms with Crippen LogP contribution in [0.5, 0.6) is 0 Å². The summed E-state index contributed by atoms with van der Waals surface area (Å²) in [4.78, 5) is 12.5. The predicted octanol–water partition coefficient (Wildman–Crippen LogP) is 12.7. The second kappa shape index (κ2) is 42.9. The fourth-order valence-corrected chi connectivity index (χ4v) is 7.36. The molecule has 0 aromatic rings. The van der Waals surface area contributed by atoms with Crippen LogP contribution in [0.3, 0.4) is 0 Å². The molecule has 0 aliphatic rings. The van der Waals surface area contributed by atoms with Crippen molar-refractivity contribution in [2.75, 3.05) is 6.61 Å². The molecule has 0 fully saturated rings. The zero-order chi connectivity index (χ0) is 39.6. The molecule has 0 aliphatic heterocycles. The highest BCUT2D eigenvalue weighted by atomic mass is 16.3. The molecule has 0 saturated heterocycles. The van der Waals surface area contributed by atoms with Crippen LogP contribution in [-0.4, -0.2) is 57.3 Å². The van der Waals surface area contributed by atoms with Crippen LogP contribution in [0.2, 0.25) is 0 Å². The smallest absolute Gasteiger partial charge is 0.249 e. The summed E-state index contributed by atoms with van der Waals surface area (Å²) < 4.78 is 0. The molecule has 0 heterocycles. The first kappa shape index (κ1) is 52.8. The Kier molecular flexibility index (Phi) is 42.0. The molecule has 0 aliphatic carbocycles. The predicted molar refractivity (Wildman–Crippen MR) is 233 cm³/mol. The number of nitrogens with one attached hydrogen (secondary N) is 1. The van der Waals surface area contributed by atoms with E-state index in [9.17, 15) is 25.2 Å². The molecular formula is C48H93NO5. The van der Waals surface area contributed by atoms with Crippen LogP contribution in [0, 0.1) is 0 Å². The van der Waals surface area contributed by atoms with Crippen molar-refractivity contribution < 1.29 is 25.2 Å². The highest BCUT2D eigenvalue weighted by molar-refractivity contribution is 5.80. The van der Waals surface area contributed by atoms with Gasteiger partial charge in [0.15, 0.2) is 0 Å². The van der Waals surface area contributed by atoms with Gasteiger partial charge in [-0.2, -0.15) is 0 Å². The van der Waals surface area contributed by atoms with Gasteiger partial charge in [0.25, 0.3) is 0 Å². The average molecular weight is 764 g/mol. The van der Waals surface area contributed by atoms with Gasteiger partial charge in [0.1, 0.15) is 12.2 Å². The fourth-order valence-electron chi connectivity index (χ4n) is 7.36. The second-order valence-electron chi connectivity index (χ2n) is 16.4. The first-order valence-electron chi connectivity index (χ1n) is 23.7. The Morgan fingerprint density at radius 3 is 1.17 bits per heavy atom. The first-order valence-corrected chi connectivity index (χ1v) is 23.7. The second-order valence-corrected chi connectivity index (χ2v) is 16.4. The van der Waals surface area contributed by atoms with E-state index in [-0.39, 0.29) is 0 Å². The van der Waals surface area contributed by atoms with Crippen LogP contribution < -0.4 is 5.32 Å². The number of unbranched alkanes of at least 4 members (excludes halogenated alkanes) is 30. The summed E-state index contributed by atoms with van der Waals surface area (Å²) in [6, 6.07) is -1.00.